The van der Waals surface area contributed by atoms with Crippen LogP contribution in [0.15, 0.2) is 0 Å². The Morgan fingerprint density at radius 2 is 2.14 bits per heavy atom. The molecule has 0 rings (SSSR count). The van der Waals surface area contributed by atoms with Crippen molar-refractivity contribution >= 4 is 12.1 Å². The summed E-state index contributed by atoms with van der Waals surface area (Å²) < 4.78 is 0. The van der Waals surface area contributed by atoms with Gasteiger partial charge in [-0.2, -0.15) is 0 Å². The molecule has 0 amide bonds. The zero-order valence-corrected chi connectivity index (χ0v) is 4.77. The summed E-state index contributed by atoms with van der Waals surface area (Å²) >= 11 is 0. The smallest absolute Gasteiger partial charge is 0.541 e. The Kier molecular flexibility index (Phi) is 8.35. The predicted octanol–water partition coefficient (Wildman–Crippen LogP) is 0.0727. The molecule has 3 heteroatoms. The van der Waals surface area contributed by atoms with E-state index in [0.717, 1.165) is 0 Å². The summed E-state index contributed by atoms with van der Waals surface area (Å²) in [7, 11) is 0. The molecule has 0 aromatic carbocycles. The fourth-order valence-electron chi connectivity index (χ4n) is 0.102. The normalized spacial score (nSPS) is 6.43. The maximum atomic E-state index is 9.78. The molecule has 0 aliphatic heterocycles. The standard InChI is InChI=1S/C4H5O2.Cu/c1-4(6)2-3-5;/h2H2,1H3;/q-1;+1. The zero-order chi connectivity index (χ0) is 4.99. The molecule has 0 spiro atoms. The second-order valence-electron chi connectivity index (χ2n) is 1.02. The summed E-state index contributed by atoms with van der Waals surface area (Å²) in [6.07, 6.45) is 1.40. The summed E-state index contributed by atoms with van der Waals surface area (Å²) in [6.45, 7) is 1.35. The number of carbonyl (C=O) groups is 1. The molecule has 0 saturated heterocycles. The van der Waals surface area contributed by atoms with E-state index in [2.05, 4.69) is 0 Å². The molecule has 2 nitrogen and oxygen atoms in total. The second-order valence-corrected chi connectivity index (χ2v) is 1.02. The molecule has 0 bridgehead atoms. The minimum Gasteiger partial charge on any atom is -0.541 e. The number of carbonyl (C=O) groups excluding carboxylic acids is 2. The Hall–Kier alpha value is -0.141. The Labute approximate surface area is 52.8 Å². The van der Waals surface area contributed by atoms with Crippen molar-refractivity contribution in [2.24, 2.45) is 0 Å². The van der Waals surface area contributed by atoms with Gasteiger partial charge in [-0.3, -0.25) is 6.29 Å². The second kappa shape index (κ2) is 5.86. The third kappa shape index (κ3) is 10.7. The zero-order valence-electron chi connectivity index (χ0n) is 3.83. The van der Waals surface area contributed by atoms with Crippen LogP contribution >= 0.6 is 0 Å². The summed E-state index contributed by atoms with van der Waals surface area (Å²) in [6, 6.07) is 0. The van der Waals surface area contributed by atoms with Gasteiger partial charge in [-0.15, -0.1) is 0 Å². The fourth-order valence-corrected chi connectivity index (χ4v) is 0.102. The molecule has 0 aromatic rings. The van der Waals surface area contributed by atoms with Crippen molar-refractivity contribution in [2.75, 3.05) is 0 Å². The third-order valence-electron chi connectivity index (χ3n) is 0.321. The van der Waals surface area contributed by atoms with Crippen LogP contribution < -0.4 is 0 Å². The molecule has 0 atom stereocenters. The number of hydrogen-bond donors (Lipinski definition) is 0. The average molecular weight is 149 g/mol. The first-order chi connectivity index (χ1) is 2.77. The Morgan fingerprint density at radius 3 is 2.14 bits per heavy atom. The molecule has 0 N–H and O–H groups in total. The van der Waals surface area contributed by atoms with Crippen LogP contribution in [0, 0.1) is 0 Å². The van der Waals surface area contributed by atoms with Gasteiger partial charge in [0, 0.05) is 0 Å². The third-order valence-corrected chi connectivity index (χ3v) is 0.321. The largest absolute Gasteiger partial charge is 1.00 e. The van der Waals surface area contributed by atoms with E-state index in [1.165, 1.54) is 13.2 Å². The van der Waals surface area contributed by atoms with Gasteiger partial charge >= 0.3 is 17.1 Å². The minimum absolute atomic E-state index is 0. The van der Waals surface area contributed by atoms with Crippen LogP contribution in [-0.2, 0) is 26.7 Å². The van der Waals surface area contributed by atoms with Crippen molar-refractivity contribution in [3.05, 3.63) is 0 Å². The van der Waals surface area contributed by atoms with E-state index >= 15 is 0 Å². The maximum Gasteiger partial charge on any atom is 1.00 e. The fraction of sp³-hybridized carbons (Fsp3) is 0.500. The van der Waals surface area contributed by atoms with Crippen LogP contribution in [-0.4, -0.2) is 12.1 Å². The maximum absolute atomic E-state index is 9.78. The number of hydrogen-bond acceptors (Lipinski definition) is 2. The molecular formula is C4H5CuO2. The van der Waals surface area contributed by atoms with Crippen molar-refractivity contribution in [1.29, 1.82) is 0 Å². The van der Waals surface area contributed by atoms with Crippen molar-refractivity contribution < 1.29 is 26.7 Å². The number of ketones is 1. The average Bonchev–Trinajstić information content (AvgIpc) is 1.35. The van der Waals surface area contributed by atoms with Crippen molar-refractivity contribution in [1.82, 2.24) is 0 Å². The first-order valence-electron chi connectivity index (χ1n) is 1.62. The van der Waals surface area contributed by atoms with Crippen LogP contribution in [0.3, 0.4) is 0 Å². The summed E-state index contributed by atoms with van der Waals surface area (Å²) in [4.78, 5) is 19.1. The molecule has 0 unspecified atom stereocenters. The Morgan fingerprint density at radius 1 is 1.71 bits per heavy atom. The van der Waals surface area contributed by atoms with Crippen LogP contribution in [0.5, 0.6) is 0 Å². The van der Waals surface area contributed by atoms with Crippen LogP contribution in [0.2, 0.25) is 0 Å². The minimum atomic E-state index is -0.134. The van der Waals surface area contributed by atoms with Crippen molar-refractivity contribution in [3.8, 4) is 0 Å². The molecule has 0 fully saturated rings. The molecule has 7 heavy (non-hydrogen) atoms. The summed E-state index contributed by atoms with van der Waals surface area (Å²) in [5.74, 6) is -0.134. The summed E-state index contributed by atoms with van der Waals surface area (Å²) in [5, 5.41) is 0. The Bertz CT molecular complexity index is 70.1. The van der Waals surface area contributed by atoms with Gasteiger partial charge in [0.1, 0.15) is 5.78 Å². The van der Waals surface area contributed by atoms with Crippen LogP contribution in [0.1, 0.15) is 13.3 Å². The topological polar surface area (TPSA) is 34.1 Å². The molecule has 0 radical (unpaired) electrons. The van der Waals surface area contributed by atoms with Gasteiger partial charge < -0.3 is 9.59 Å². The van der Waals surface area contributed by atoms with Gasteiger partial charge in [0.2, 0.25) is 0 Å². The van der Waals surface area contributed by atoms with Gasteiger partial charge in [0.05, 0.1) is 0 Å². The molecule has 44 valence electrons. The molecule has 0 heterocycles. The van der Waals surface area contributed by atoms with E-state index in [9.17, 15) is 9.59 Å². The van der Waals surface area contributed by atoms with Crippen LogP contribution in [0.4, 0.5) is 0 Å². The molecule has 0 aliphatic carbocycles. The molecule has 0 aromatic heterocycles. The van der Waals surface area contributed by atoms with Gasteiger partial charge in [-0.25, -0.2) is 0 Å². The van der Waals surface area contributed by atoms with E-state index in [4.69, 9.17) is 0 Å². The first kappa shape index (κ1) is 9.97. The quantitative estimate of drug-likeness (QED) is 0.316. The van der Waals surface area contributed by atoms with E-state index in [1.807, 2.05) is 0 Å². The van der Waals surface area contributed by atoms with Gasteiger partial charge in [-0.05, 0) is 6.92 Å². The van der Waals surface area contributed by atoms with Gasteiger partial charge in [0.25, 0.3) is 0 Å². The summed E-state index contributed by atoms with van der Waals surface area (Å²) in [5.41, 5.74) is 0. The van der Waals surface area contributed by atoms with E-state index in [1.54, 1.807) is 0 Å². The van der Waals surface area contributed by atoms with E-state index in [-0.39, 0.29) is 29.3 Å². The van der Waals surface area contributed by atoms with Gasteiger partial charge in [-0.1, -0.05) is 6.42 Å². The SMILES string of the molecule is CC(=O)C[C-]=O.[Cu+]. The molecule has 0 aliphatic rings. The van der Waals surface area contributed by atoms with Gasteiger partial charge in [0.15, 0.2) is 0 Å². The number of rotatable bonds is 2. The van der Waals surface area contributed by atoms with E-state index < -0.39 is 0 Å². The molecule has 0 saturated carbocycles. The monoisotopic (exact) mass is 148 g/mol. The number of Topliss-reactive ketones (excluding diaryl/α,β-unsaturated/α-hetero) is 1. The van der Waals surface area contributed by atoms with Crippen molar-refractivity contribution in [3.63, 3.8) is 0 Å². The van der Waals surface area contributed by atoms with Crippen LogP contribution in [0.25, 0.3) is 0 Å². The first-order valence-corrected chi connectivity index (χ1v) is 1.62. The predicted molar refractivity (Wildman–Crippen MR) is 21.0 cm³/mol. The Balaban J connectivity index is 0. The van der Waals surface area contributed by atoms with E-state index in [0.29, 0.717) is 0 Å². The van der Waals surface area contributed by atoms with Crippen molar-refractivity contribution in [2.45, 2.75) is 13.3 Å². The molecular weight excluding hydrogens is 144 g/mol.